The Balaban J connectivity index is 1.69. The van der Waals surface area contributed by atoms with Crippen molar-refractivity contribution in [3.63, 3.8) is 0 Å². The number of hydrogen-bond acceptors (Lipinski definition) is 4. The highest BCUT2D eigenvalue weighted by Crippen LogP contribution is 2.32. The number of benzene rings is 1. The third-order valence-corrected chi connectivity index (χ3v) is 3.81. The summed E-state index contributed by atoms with van der Waals surface area (Å²) in [6.45, 7) is 0.868. The SMILES string of the molecule is O=C(c1cccnc1)N1CC2COc3ccc(F)cc3C2=N1. The number of pyridine rings is 1. The number of rotatable bonds is 1. The van der Waals surface area contributed by atoms with Crippen molar-refractivity contribution < 1.29 is 13.9 Å². The average molecular weight is 297 g/mol. The number of fused-ring (bicyclic) bond motifs is 3. The minimum atomic E-state index is -0.345. The first-order valence-corrected chi connectivity index (χ1v) is 6.95. The highest BCUT2D eigenvalue weighted by atomic mass is 19.1. The van der Waals surface area contributed by atoms with Crippen LogP contribution in [0.1, 0.15) is 15.9 Å². The number of ether oxygens (including phenoxy) is 1. The molecule has 2 aromatic rings. The third-order valence-electron chi connectivity index (χ3n) is 3.81. The molecule has 0 saturated heterocycles. The molecule has 22 heavy (non-hydrogen) atoms. The molecule has 6 heteroatoms. The molecule has 0 radical (unpaired) electrons. The number of hydrazone groups is 1. The van der Waals surface area contributed by atoms with Gasteiger partial charge in [-0.25, -0.2) is 9.40 Å². The van der Waals surface area contributed by atoms with Crippen molar-refractivity contribution in [1.82, 2.24) is 9.99 Å². The van der Waals surface area contributed by atoms with E-state index in [0.717, 1.165) is 0 Å². The van der Waals surface area contributed by atoms with Gasteiger partial charge in [-0.05, 0) is 30.3 Å². The van der Waals surface area contributed by atoms with Crippen LogP contribution in [-0.4, -0.2) is 34.8 Å². The summed E-state index contributed by atoms with van der Waals surface area (Å²) in [7, 11) is 0. The van der Waals surface area contributed by atoms with E-state index >= 15 is 0 Å². The molecular weight excluding hydrogens is 285 g/mol. The van der Waals surface area contributed by atoms with Gasteiger partial charge in [0.05, 0.1) is 30.3 Å². The summed E-state index contributed by atoms with van der Waals surface area (Å²) in [5, 5.41) is 5.80. The van der Waals surface area contributed by atoms with E-state index < -0.39 is 0 Å². The Hall–Kier alpha value is -2.76. The molecule has 0 N–H and O–H groups in total. The van der Waals surface area contributed by atoms with Gasteiger partial charge in [-0.15, -0.1) is 0 Å². The monoisotopic (exact) mass is 297 g/mol. The number of halogens is 1. The number of nitrogens with zero attached hydrogens (tertiary/aromatic N) is 3. The van der Waals surface area contributed by atoms with Gasteiger partial charge in [0, 0.05) is 18.0 Å². The van der Waals surface area contributed by atoms with Crippen LogP contribution in [0.4, 0.5) is 4.39 Å². The molecule has 1 atom stereocenters. The second-order valence-corrected chi connectivity index (χ2v) is 5.26. The number of amides is 1. The van der Waals surface area contributed by atoms with Gasteiger partial charge >= 0.3 is 0 Å². The van der Waals surface area contributed by atoms with Crippen molar-refractivity contribution >= 4 is 11.6 Å². The maximum Gasteiger partial charge on any atom is 0.275 e. The van der Waals surface area contributed by atoms with Crippen LogP contribution in [0.2, 0.25) is 0 Å². The fraction of sp³-hybridized carbons (Fsp3) is 0.188. The Morgan fingerprint density at radius 3 is 3.09 bits per heavy atom. The lowest BCUT2D eigenvalue weighted by molar-refractivity contribution is 0.0760. The zero-order valence-electron chi connectivity index (χ0n) is 11.6. The zero-order chi connectivity index (χ0) is 15.1. The average Bonchev–Trinajstić information content (AvgIpc) is 2.99. The molecule has 110 valence electrons. The van der Waals surface area contributed by atoms with Crippen LogP contribution < -0.4 is 4.74 Å². The molecule has 2 aliphatic heterocycles. The van der Waals surface area contributed by atoms with E-state index in [1.807, 2.05) is 0 Å². The van der Waals surface area contributed by atoms with Crippen LogP contribution in [0.5, 0.6) is 5.75 Å². The number of carbonyl (C=O) groups excluding carboxylic acids is 1. The molecule has 1 aromatic heterocycles. The lowest BCUT2D eigenvalue weighted by Crippen LogP contribution is -2.31. The van der Waals surface area contributed by atoms with Crippen molar-refractivity contribution in [1.29, 1.82) is 0 Å². The van der Waals surface area contributed by atoms with Crippen LogP contribution in [0.3, 0.4) is 0 Å². The molecule has 0 fully saturated rings. The van der Waals surface area contributed by atoms with E-state index in [-0.39, 0.29) is 17.6 Å². The van der Waals surface area contributed by atoms with E-state index in [9.17, 15) is 9.18 Å². The van der Waals surface area contributed by atoms with Crippen molar-refractivity contribution in [2.24, 2.45) is 11.0 Å². The molecule has 1 amide bonds. The van der Waals surface area contributed by atoms with E-state index in [2.05, 4.69) is 10.1 Å². The standard InChI is InChI=1S/C16H12FN3O2/c17-12-3-4-14-13(6-12)15-11(9-22-14)8-20(19-15)16(21)10-2-1-5-18-7-10/h1-7,11H,8-9H2. The van der Waals surface area contributed by atoms with Gasteiger partial charge in [0.1, 0.15) is 11.6 Å². The first-order chi connectivity index (χ1) is 10.7. The number of hydrogen-bond donors (Lipinski definition) is 0. The van der Waals surface area contributed by atoms with Crippen molar-refractivity contribution in [3.8, 4) is 5.75 Å². The summed E-state index contributed by atoms with van der Waals surface area (Å²) in [6.07, 6.45) is 3.12. The fourth-order valence-electron chi connectivity index (χ4n) is 2.74. The molecule has 4 rings (SSSR count). The van der Waals surface area contributed by atoms with Gasteiger partial charge in [-0.1, -0.05) is 0 Å². The Kier molecular flexibility index (Phi) is 2.89. The molecule has 3 heterocycles. The number of aromatic nitrogens is 1. The Morgan fingerprint density at radius 1 is 1.36 bits per heavy atom. The summed E-state index contributed by atoms with van der Waals surface area (Å²) in [6, 6.07) is 7.75. The summed E-state index contributed by atoms with van der Waals surface area (Å²) in [5.74, 6) is 0.0117. The maximum absolute atomic E-state index is 13.5. The van der Waals surface area contributed by atoms with Crippen molar-refractivity contribution in [3.05, 3.63) is 59.7 Å². The topological polar surface area (TPSA) is 54.8 Å². The van der Waals surface area contributed by atoms with Gasteiger partial charge in [0.25, 0.3) is 5.91 Å². The Morgan fingerprint density at radius 2 is 2.27 bits per heavy atom. The van der Waals surface area contributed by atoms with Crippen LogP contribution >= 0.6 is 0 Å². The van der Waals surface area contributed by atoms with E-state index in [1.165, 1.54) is 23.3 Å². The van der Waals surface area contributed by atoms with Gasteiger partial charge < -0.3 is 4.74 Å². The van der Waals surface area contributed by atoms with E-state index in [1.54, 1.807) is 24.4 Å². The lowest BCUT2D eigenvalue weighted by atomic mass is 9.95. The Bertz CT molecular complexity index is 776. The summed E-state index contributed by atoms with van der Waals surface area (Å²) in [5.41, 5.74) is 1.81. The van der Waals surface area contributed by atoms with Crippen LogP contribution in [0.15, 0.2) is 47.8 Å². The summed E-state index contributed by atoms with van der Waals surface area (Å²) < 4.78 is 19.1. The predicted octanol–water partition coefficient (Wildman–Crippen LogP) is 2.09. The van der Waals surface area contributed by atoms with Gasteiger partial charge in [0.15, 0.2) is 0 Å². The first-order valence-electron chi connectivity index (χ1n) is 6.95. The summed E-state index contributed by atoms with van der Waals surface area (Å²) >= 11 is 0. The minimum Gasteiger partial charge on any atom is -0.492 e. The lowest BCUT2D eigenvalue weighted by Gasteiger charge is -2.22. The third kappa shape index (κ3) is 2.04. The second-order valence-electron chi connectivity index (χ2n) is 5.26. The smallest absolute Gasteiger partial charge is 0.275 e. The second kappa shape index (κ2) is 4.91. The highest BCUT2D eigenvalue weighted by molar-refractivity contribution is 6.08. The minimum absolute atomic E-state index is 0.0325. The predicted molar refractivity (Wildman–Crippen MR) is 77.2 cm³/mol. The first kappa shape index (κ1) is 12.9. The van der Waals surface area contributed by atoms with Gasteiger partial charge in [-0.3, -0.25) is 9.78 Å². The van der Waals surface area contributed by atoms with Crippen LogP contribution in [-0.2, 0) is 0 Å². The van der Waals surface area contributed by atoms with Gasteiger partial charge in [-0.2, -0.15) is 5.10 Å². The molecule has 0 aliphatic carbocycles. The molecule has 2 aliphatic rings. The van der Waals surface area contributed by atoms with E-state index in [4.69, 9.17) is 4.74 Å². The molecule has 0 saturated carbocycles. The Labute approximate surface area is 126 Å². The van der Waals surface area contributed by atoms with E-state index in [0.29, 0.717) is 35.7 Å². The maximum atomic E-state index is 13.5. The highest BCUT2D eigenvalue weighted by Gasteiger charge is 2.36. The normalized spacial score (nSPS) is 19.0. The molecule has 1 aromatic carbocycles. The van der Waals surface area contributed by atoms with Crippen molar-refractivity contribution in [2.75, 3.05) is 13.2 Å². The quantitative estimate of drug-likeness (QED) is 0.810. The molecular formula is C16H12FN3O2. The van der Waals surface area contributed by atoms with Crippen molar-refractivity contribution in [2.45, 2.75) is 0 Å². The summed E-state index contributed by atoms with van der Waals surface area (Å²) in [4.78, 5) is 16.4. The molecule has 0 spiro atoms. The molecule has 0 bridgehead atoms. The molecule has 5 nitrogen and oxygen atoms in total. The van der Waals surface area contributed by atoms with Crippen LogP contribution in [0.25, 0.3) is 0 Å². The number of carbonyl (C=O) groups is 1. The molecule has 1 unspecified atom stereocenters. The zero-order valence-corrected chi connectivity index (χ0v) is 11.6. The fourth-order valence-corrected chi connectivity index (χ4v) is 2.74. The largest absolute Gasteiger partial charge is 0.492 e. The van der Waals surface area contributed by atoms with Crippen LogP contribution in [0, 0.1) is 11.7 Å². The van der Waals surface area contributed by atoms with Gasteiger partial charge in [0.2, 0.25) is 0 Å².